The van der Waals surface area contributed by atoms with Crippen molar-refractivity contribution in [3.63, 3.8) is 0 Å². The Morgan fingerprint density at radius 1 is 1.12 bits per heavy atom. The zero-order chi connectivity index (χ0) is 12.3. The van der Waals surface area contributed by atoms with E-state index in [1.807, 2.05) is 0 Å². The summed E-state index contributed by atoms with van der Waals surface area (Å²) >= 11 is 6.58. The van der Waals surface area contributed by atoms with Crippen LogP contribution in [0.3, 0.4) is 0 Å². The predicted octanol–water partition coefficient (Wildman–Crippen LogP) is 0.695. The van der Waals surface area contributed by atoms with E-state index in [9.17, 15) is 0 Å². The molecule has 0 bridgehead atoms. The Labute approximate surface area is 109 Å². The first-order valence-corrected chi connectivity index (χ1v) is 7.07. The molecule has 4 nitrogen and oxygen atoms in total. The lowest BCUT2D eigenvalue weighted by atomic mass is 10.0. The average molecular weight is 262 g/mol. The topological polar surface area (TPSA) is 41.7 Å². The number of nitrogens with two attached hydrogens (primary N) is 1. The average Bonchev–Trinajstić information content (AvgIpc) is 2.39. The van der Waals surface area contributed by atoms with Crippen LogP contribution in [-0.2, 0) is 4.74 Å². The first kappa shape index (κ1) is 13.6. The molecule has 2 atom stereocenters. The van der Waals surface area contributed by atoms with E-state index in [1.54, 1.807) is 0 Å². The van der Waals surface area contributed by atoms with Crippen LogP contribution < -0.4 is 5.73 Å². The largest absolute Gasteiger partial charge is 0.379 e. The van der Waals surface area contributed by atoms with Crippen molar-refractivity contribution in [3.05, 3.63) is 0 Å². The fraction of sp³-hybridized carbons (Fsp3) is 1.00. The van der Waals surface area contributed by atoms with Crippen molar-refractivity contribution in [1.82, 2.24) is 9.80 Å². The summed E-state index contributed by atoms with van der Waals surface area (Å²) < 4.78 is 5.36. The molecule has 0 spiro atoms. The molecule has 2 saturated heterocycles. The minimum absolute atomic E-state index is 0.0909. The number of hydrogen-bond donors (Lipinski definition) is 1. The number of morpholine rings is 1. The third-order valence-electron chi connectivity index (χ3n) is 3.94. The Balaban J connectivity index is 1.83. The van der Waals surface area contributed by atoms with E-state index in [4.69, 9.17) is 22.1 Å². The fourth-order valence-corrected chi connectivity index (χ4v) is 2.98. The van der Waals surface area contributed by atoms with E-state index in [-0.39, 0.29) is 5.50 Å². The van der Waals surface area contributed by atoms with Gasteiger partial charge in [-0.25, -0.2) is 0 Å². The van der Waals surface area contributed by atoms with Crippen LogP contribution in [0.1, 0.15) is 19.8 Å². The second-order valence-electron chi connectivity index (χ2n) is 5.13. The summed E-state index contributed by atoms with van der Waals surface area (Å²) in [6.07, 6.45) is 2.19. The van der Waals surface area contributed by atoms with Crippen LogP contribution in [0.5, 0.6) is 0 Å². The molecule has 0 aromatic carbocycles. The number of halogens is 1. The van der Waals surface area contributed by atoms with E-state index in [0.29, 0.717) is 12.1 Å². The molecular weight excluding hydrogens is 238 g/mol. The zero-order valence-electron chi connectivity index (χ0n) is 10.6. The quantitative estimate of drug-likeness (QED) is 0.600. The standard InChI is InChI=1S/C12H24ClN3O/c1-10(15-4-2-11(14)3-5-15)12(13)16-6-8-17-9-7-16/h10-12H,2-9,14H2,1H3. The maximum absolute atomic E-state index is 6.58. The van der Waals surface area contributed by atoms with Crippen LogP contribution in [0.2, 0.25) is 0 Å². The first-order chi connectivity index (χ1) is 8.18. The molecule has 0 radical (unpaired) electrons. The van der Waals surface area contributed by atoms with Crippen molar-refractivity contribution in [3.8, 4) is 0 Å². The lowest BCUT2D eigenvalue weighted by molar-refractivity contribution is 0.0115. The summed E-state index contributed by atoms with van der Waals surface area (Å²) in [6.45, 7) is 7.90. The number of nitrogens with zero attached hydrogens (tertiary/aromatic N) is 2. The molecule has 17 heavy (non-hydrogen) atoms. The van der Waals surface area contributed by atoms with Gasteiger partial charge in [0.15, 0.2) is 0 Å². The van der Waals surface area contributed by atoms with E-state index in [1.165, 1.54) is 0 Å². The smallest absolute Gasteiger partial charge is 0.101 e. The van der Waals surface area contributed by atoms with Gasteiger partial charge in [-0.3, -0.25) is 9.80 Å². The minimum atomic E-state index is 0.0909. The van der Waals surface area contributed by atoms with Crippen molar-refractivity contribution in [2.45, 2.75) is 37.4 Å². The zero-order valence-corrected chi connectivity index (χ0v) is 11.4. The van der Waals surface area contributed by atoms with Crippen LogP contribution in [-0.4, -0.2) is 66.8 Å². The molecule has 0 saturated carbocycles. The summed E-state index contributed by atoms with van der Waals surface area (Å²) in [6, 6.07) is 0.776. The highest BCUT2D eigenvalue weighted by Gasteiger charge is 2.29. The monoisotopic (exact) mass is 261 g/mol. The maximum Gasteiger partial charge on any atom is 0.101 e. The molecule has 2 aliphatic heterocycles. The highest BCUT2D eigenvalue weighted by atomic mass is 35.5. The van der Waals surface area contributed by atoms with Gasteiger partial charge in [0.2, 0.25) is 0 Å². The summed E-state index contributed by atoms with van der Waals surface area (Å²) in [5, 5.41) is 0. The predicted molar refractivity (Wildman–Crippen MR) is 70.3 cm³/mol. The van der Waals surface area contributed by atoms with E-state index >= 15 is 0 Å². The summed E-state index contributed by atoms with van der Waals surface area (Å²) in [4.78, 5) is 4.79. The van der Waals surface area contributed by atoms with Gasteiger partial charge in [-0.05, 0) is 19.8 Å². The van der Waals surface area contributed by atoms with Crippen LogP contribution in [0.15, 0.2) is 0 Å². The van der Waals surface area contributed by atoms with Crippen molar-refractivity contribution in [2.75, 3.05) is 39.4 Å². The SMILES string of the molecule is CC(C(Cl)N1CCOCC1)N1CCC(N)CC1. The van der Waals surface area contributed by atoms with Crippen LogP contribution in [0.25, 0.3) is 0 Å². The van der Waals surface area contributed by atoms with Crippen LogP contribution in [0, 0.1) is 0 Å². The maximum atomic E-state index is 6.58. The van der Waals surface area contributed by atoms with Crippen molar-refractivity contribution in [1.29, 1.82) is 0 Å². The molecule has 0 aromatic rings. The van der Waals surface area contributed by atoms with Crippen molar-refractivity contribution in [2.24, 2.45) is 5.73 Å². The minimum Gasteiger partial charge on any atom is -0.379 e. The number of rotatable bonds is 3. The Morgan fingerprint density at radius 3 is 2.29 bits per heavy atom. The molecule has 100 valence electrons. The lowest BCUT2D eigenvalue weighted by Crippen LogP contribution is -2.53. The molecule has 2 unspecified atom stereocenters. The van der Waals surface area contributed by atoms with Crippen LogP contribution in [0.4, 0.5) is 0 Å². The molecule has 0 aromatic heterocycles. The Kier molecular flexibility index (Phi) is 5.06. The van der Waals surface area contributed by atoms with Gasteiger partial charge in [-0.2, -0.15) is 0 Å². The molecule has 2 fully saturated rings. The first-order valence-electron chi connectivity index (χ1n) is 6.64. The van der Waals surface area contributed by atoms with E-state index in [2.05, 4.69) is 16.7 Å². The highest BCUT2D eigenvalue weighted by Crippen LogP contribution is 2.20. The third kappa shape index (κ3) is 3.55. The molecule has 2 N–H and O–H groups in total. The number of alkyl halides is 1. The van der Waals surface area contributed by atoms with Gasteiger partial charge >= 0.3 is 0 Å². The van der Waals surface area contributed by atoms with Crippen molar-refractivity contribution < 1.29 is 4.74 Å². The van der Waals surface area contributed by atoms with Gasteiger partial charge in [0.05, 0.1) is 13.2 Å². The van der Waals surface area contributed by atoms with Crippen LogP contribution >= 0.6 is 11.6 Å². The van der Waals surface area contributed by atoms with Gasteiger partial charge in [-0.15, -0.1) is 11.6 Å². The molecule has 5 heteroatoms. The second kappa shape index (κ2) is 6.34. The number of piperidine rings is 1. The van der Waals surface area contributed by atoms with Gasteiger partial charge < -0.3 is 10.5 Å². The van der Waals surface area contributed by atoms with Crippen molar-refractivity contribution >= 4 is 11.6 Å². The fourth-order valence-electron chi connectivity index (χ4n) is 2.63. The van der Waals surface area contributed by atoms with Gasteiger partial charge in [0.25, 0.3) is 0 Å². The number of likely N-dealkylation sites (tertiary alicyclic amines) is 1. The number of ether oxygens (including phenoxy) is 1. The Morgan fingerprint density at radius 2 is 1.71 bits per heavy atom. The summed E-state index contributed by atoms with van der Waals surface area (Å²) in [7, 11) is 0. The lowest BCUT2D eigenvalue weighted by Gasteiger charge is -2.41. The number of hydrogen-bond acceptors (Lipinski definition) is 4. The molecule has 2 rings (SSSR count). The van der Waals surface area contributed by atoms with Gasteiger partial charge in [-0.1, -0.05) is 0 Å². The summed E-state index contributed by atoms with van der Waals surface area (Å²) in [5.74, 6) is 0. The Hall–Kier alpha value is 0.130. The van der Waals surface area contributed by atoms with Gasteiger partial charge in [0, 0.05) is 38.3 Å². The normalized spacial score (nSPS) is 29.1. The molecule has 0 amide bonds. The van der Waals surface area contributed by atoms with E-state index in [0.717, 1.165) is 52.2 Å². The Bertz CT molecular complexity index is 228. The molecular formula is C12H24ClN3O. The third-order valence-corrected chi connectivity index (χ3v) is 4.58. The molecule has 0 aliphatic carbocycles. The second-order valence-corrected chi connectivity index (χ2v) is 5.58. The summed E-state index contributed by atoms with van der Waals surface area (Å²) in [5.41, 5.74) is 6.02. The van der Waals surface area contributed by atoms with E-state index < -0.39 is 0 Å². The molecule has 2 aliphatic rings. The highest BCUT2D eigenvalue weighted by molar-refractivity contribution is 6.20. The molecule has 2 heterocycles. The van der Waals surface area contributed by atoms with Gasteiger partial charge in [0.1, 0.15) is 5.50 Å².